The summed E-state index contributed by atoms with van der Waals surface area (Å²) < 4.78 is 0. The molecule has 1 radical (unpaired) electrons. The fourth-order valence-electron chi connectivity index (χ4n) is 2.53. The Kier molecular flexibility index (Phi) is 4.00. The summed E-state index contributed by atoms with van der Waals surface area (Å²) >= 11 is 0. The lowest BCUT2D eigenvalue weighted by molar-refractivity contribution is 0.558. The predicted molar refractivity (Wildman–Crippen MR) is 83.9 cm³/mol. The number of hydrogen-bond donors (Lipinski definition) is 0. The van der Waals surface area contributed by atoms with Gasteiger partial charge in [0.1, 0.15) is 0 Å². The molecule has 0 N–H and O–H groups in total. The molecule has 0 atom stereocenters. The smallest absolute Gasteiger partial charge is 0.0405 e. The molecule has 103 valence electrons. The van der Waals surface area contributed by atoms with Crippen LogP contribution in [0.5, 0.6) is 0 Å². The van der Waals surface area contributed by atoms with Crippen LogP contribution in [-0.2, 0) is 5.41 Å². The van der Waals surface area contributed by atoms with Crippen LogP contribution in [0.4, 0.5) is 5.69 Å². The van der Waals surface area contributed by atoms with Gasteiger partial charge in [-0.25, -0.2) is 5.32 Å². The van der Waals surface area contributed by atoms with E-state index in [1.807, 2.05) is 0 Å². The average molecular weight is 257 g/mol. The van der Waals surface area contributed by atoms with Crippen molar-refractivity contribution in [2.45, 2.75) is 33.1 Å². The number of rotatable bonds is 2. The molecule has 1 aromatic carbocycles. The zero-order chi connectivity index (χ0) is 14.0. The molecule has 0 bridgehead atoms. The molecule has 19 heavy (non-hydrogen) atoms. The van der Waals surface area contributed by atoms with E-state index in [2.05, 4.69) is 62.7 Å². The van der Waals surface area contributed by atoms with Crippen LogP contribution in [0.3, 0.4) is 0 Å². The number of anilines is 1. The third kappa shape index (κ3) is 3.19. The maximum absolute atomic E-state index is 4.43. The van der Waals surface area contributed by atoms with Gasteiger partial charge in [0.15, 0.2) is 0 Å². The van der Waals surface area contributed by atoms with Crippen molar-refractivity contribution in [2.24, 2.45) is 0 Å². The zero-order valence-corrected chi connectivity index (χ0v) is 12.7. The second-order valence-corrected chi connectivity index (χ2v) is 6.42. The summed E-state index contributed by atoms with van der Waals surface area (Å²) in [5, 5.41) is 4.43. The first-order valence-electron chi connectivity index (χ1n) is 7.08. The SMILES string of the molecule is C=C(C)c1ccc(N2CC[N]CC2)c(C(C)(C)C)c1. The first-order valence-corrected chi connectivity index (χ1v) is 7.08. The fourth-order valence-corrected chi connectivity index (χ4v) is 2.53. The van der Waals surface area contributed by atoms with Gasteiger partial charge in [-0.3, -0.25) is 0 Å². The molecule has 0 unspecified atom stereocenters. The van der Waals surface area contributed by atoms with E-state index in [1.54, 1.807) is 0 Å². The van der Waals surface area contributed by atoms with E-state index in [0.717, 1.165) is 31.8 Å². The summed E-state index contributed by atoms with van der Waals surface area (Å²) in [6, 6.07) is 6.76. The molecule has 0 saturated carbocycles. The van der Waals surface area contributed by atoms with Crippen LogP contribution in [0.2, 0.25) is 0 Å². The highest BCUT2D eigenvalue weighted by Crippen LogP contribution is 2.34. The molecule has 0 spiro atoms. The molecule has 1 aliphatic rings. The van der Waals surface area contributed by atoms with Crippen LogP contribution in [0.25, 0.3) is 5.57 Å². The van der Waals surface area contributed by atoms with Crippen molar-refractivity contribution >= 4 is 11.3 Å². The quantitative estimate of drug-likeness (QED) is 0.793. The normalized spacial score (nSPS) is 16.5. The molecular weight excluding hydrogens is 232 g/mol. The van der Waals surface area contributed by atoms with Gasteiger partial charge in [-0.1, -0.05) is 39.0 Å². The van der Waals surface area contributed by atoms with Crippen molar-refractivity contribution < 1.29 is 0 Å². The minimum absolute atomic E-state index is 0.148. The molecule has 2 nitrogen and oxygen atoms in total. The van der Waals surface area contributed by atoms with E-state index in [9.17, 15) is 0 Å². The summed E-state index contributed by atoms with van der Waals surface area (Å²) in [6.45, 7) is 16.9. The molecule has 2 rings (SSSR count). The number of hydrogen-bond acceptors (Lipinski definition) is 1. The van der Waals surface area contributed by atoms with Crippen LogP contribution < -0.4 is 10.2 Å². The molecular formula is C17H25N2. The number of benzene rings is 1. The molecule has 1 aromatic rings. The number of piperazine rings is 1. The van der Waals surface area contributed by atoms with E-state index in [4.69, 9.17) is 0 Å². The Bertz CT molecular complexity index is 463. The van der Waals surface area contributed by atoms with Crippen molar-refractivity contribution in [3.8, 4) is 0 Å². The van der Waals surface area contributed by atoms with Gasteiger partial charge in [-0.05, 0) is 35.6 Å². The summed E-state index contributed by atoms with van der Waals surface area (Å²) in [7, 11) is 0. The standard InChI is InChI=1S/C17H25N2/c1-13(2)14-6-7-16(15(12-14)17(3,4)5)19-10-8-18-9-11-19/h6-7,12H,1,8-11H2,2-5H3. The van der Waals surface area contributed by atoms with Crippen molar-refractivity contribution in [2.75, 3.05) is 31.1 Å². The third-order valence-corrected chi connectivity index (χ3v) is 3.69. The van der Waals surface area contributed by atoms with Crippen molar-refractivity contribution in [3.63, 3.8) is 0 Å². The second-order valence-electron chi connectivity index (χ2n) is 6.42. The highest BCUT2D eigenvalue weighted by atomic mass is 15.2. The first kappa shape index (κ1) is 14.1. The first-order chi connectivity index (χ1) is 8.89. The van der Waals surface area contributed by atoms with E-state index < -0.39 is 0 Å². The monoisotopic (exact) mass is 257 g/mol. The summed E-state index contributed by atoms with van der Waals surface area (Å²) in [4.78, 5) is 2.47. The van der Waals surface area contributed by atoms with Crippen molar-refractivity contribution in [3.05, 3.63) is 35.9 Å². The lowest BCUT2D eigenvalue weighted by atomic mass is 9.83. The van der Waals surface area contributed by atoms with E-state index in [1.165, 1.54) is 16.8 Å². The van der Waals surface area contributed by atoms with Gasteiger partial charge in [0, 0.05) is 31.9 Å². The van der Waals surface area contributed by atoms with Gasteiger partial charge in [0.2, 0.25) is 0 Å². The molecule has 1 saturated heterocycles. The molecule has 1 aliphatic heterocycles. The van der Waals surface area contributed by atoms with Gasteiger partial charge in [0.25, 0.3) is 0 Å². The summed E-state index contributed by atoms with van der Waals surface area (Å²) in [5.41, 5.74) is 5.30. The minimum Gasteiger partial charge on any atom is -0.369 e. The van der Waals surface area contributed by atoms with Crippen molar-refractivity contribution in [1.29, 1.82) is 0 Å². The average Bonchev–Trinajstić information content (AvgIpc) is 2.38. The van der Waals surface area contributed by atoms with Gasteiger partial charge in [-0.2, -0.15) is 0 Å². The molecule has 1 heterocycles. The maximum Gasteiger partial charge on any atom is 0.0405 e. The Morgan fingerprint density at radius 1 is 1.21 bits per heavy atom. The highest BCUT2D eigenvalue weighted by molar-refractivity contribution is 5.68. The predicted octanol–water partition coefficient (Wildman–Crippen LogP) is 3.44. The lowest BCUT2D eigenvalue weighted by Gasteiger charge is -2.34. The van der Waals surface area contributed by atoms with E-state index in [-0.39, 0.29) is 5.41 Å². The van der Waals surface area contributed by atoms with Gasteiger partial charge >= 0.3 is 0 Å². The largest absolute Gasteiger partial charge is 0.369 e. The van der Waals surface area contributed by atoms with Crippen LogP contribution in [0.15, 0.2) is 24.8 Å². The topological polar surface area (TPSA) is 17.3 Å². The van der Waals surface area contributed by atoms with Gasteiger partial charge in [-0.15, -0.1) is 0 Å². The highest BCUT2D eigenvalue weighted by Gasteiger charge is 2.22. The Morgan fingerprint density at radius 3 is 2.37 bits per heavy atom. The number of nitrogens with zero attached hydrogens (tertiary/aromatic N) is 2. The Balaban J connectivity index is 2.44. The Hall–Kier alpha value is -1.28. The van der Waals surface area contributed by atoms with Crippen LogP contribution >= 0.6 is 0 Å². The zero-order valence-electron chi connectivity index (χ0n) is 12.7. The minimum atomic E-state index is 0.148. The fraction of sp³-hybridized carbons (Fsp3) is 0.529. The molecule has 1 fully saturated rings. The lowest BCUT2D eigenvalue weighted by Crippen LogP contribution is -2.41. The van der Waals surface area contributed by atoms with Crippen LogP contribution in [-0.4, -0.2) is 26.2 Å². The van der Waals surface area contributed by atoms with Crippen LogP contribution in [0, 0.1) is 0 Å². The molecule has 0 aromatic heterocycles. The Labute approximate surface area is 117 Å². The van der Waals surface area contributed by atoms with E-state index >= 15 is 0 Å². The molecule has 0 aliphatic carbocycles. The van der Waals surface area contributed by atoms with Crippen LogP contribution in [0.1, 0.15) is 38.8 Å². The van der Waals surface area contributed by atoms with Gasteiger partial charge in [0.05, 0.1) is 0 Å². The second kappa shape index (κ2) is 5.38. The third-order valence-electron chi connectivity index (χ3n) is 3.69. The molecule has 0 amide bonds. The van der Waals surface area contributed by atoms with Gasteiger partial charge < -0.3 is 4.90 Å². The van der Waals surface area contributed by atoms with E-state index in [0.29, 0.717) is 0 Å². The Morgan fingerprint density at radius 2 is 1.84 bits per heavy atom. The maximum atomic E-state index is 4.43. The number of allylic oxidation sites excluding steroid dienone is 1. The summed E-state index contributed by atoms with van der Waals surface area (Å²) in [5.74, 6) is 0. The summed E-state index contributed by atoms with van der Waals surface area (Å²) in [6.07, 6.45) is 0. The van der Waals surface area contributed by atoms with Crippen molar-refractivity contribution in [1.82, 2.24) is 5.32 Å². The molecule has 2 heteroatoms.